The van der Waals surface area contributed by atoms with Crippen molar-refractivity contribution >= 4 is 27.2 Å². The lowest BCUT2D eigenvalue weighted by molar-refractivity contribution is 0.248. The van der Waals surface area contributed by atoms with Gasteiger partial charge in [0.1, 0.15) is 0 Å². The van der Waals surface area contributed by atoms with Crippen LogP contribution in [0.4, 0.5) is 16.2 Å². The first kappa shape index (κ1) is 13.7. The van der Waals surface area contributed by atoms with Crippen LogP contribution in [0.3, 0.4) is 0 Å². The van der Waals surface area contributed by atoms with Crippen LogP contribution >= 0.6 is 0 Å². The molecule has 0 radical (unpaired) electrons. The Balaban J connectivity index is 1.89. The second-order valence-electron chi connectivity index (χ2n) is 4.67. The number of amides is 2. The largest absolute Gasteiger partial charge is 0.399 e. The third-order valence-corrected chi connectivity index (χ3v) is 4.79. The lowest BCUT2D eigenvalue weighted by atomic mass is 10.2. The minimum Gasteiger partial charge on any atom is -0.399 e. The highest BCUT2D eigenvalue weighted by Gasteiger charge is 2.25. The number of rotatable bonds is 2. The monoisotopic (exact) mass is 283 g/mol. The summed E-state index contributed by atoms with van der Waals surface area (Å²) in [6.45, 7) is 0. The molecule has 104 valence electrons. The van der Waals surface area contributed by atoms with Crippen LogP contribution < -0.4 is 16.4 Å². The molecule has 0 aromatic heterocycles. The summed E-state index contributed by atoms with van der Waals surface area (Å²) < 4.78 is 22.9. The van der Waals surface area contributed by atoms with E-state index in [2.05, 4.69) is 10.6 Å². The Bertz CT molecular complexity index is 554. The highest BCUT2D eigenvalue weighted by atomic mass is 32.2. The van der Waals surface area contributed by atoms with E-state index in [1.165, 1.54) is 0 Å². The molecule has 19 heavy (non-hydrogen) atoms. The molecule has 0 aliphatic carbocycles. The van der Waals surface area contributed by atoms with E-state index in [0.717, 1.165) is 0 Å². The summed E-state index contributed by atoms with van der Waals surface area (Å²) in [4.78, 5) is 11.7. The minimum atomic E-state index is -3.02. The number of hydrogen-bond acceptors (Lipinski definition) is 4. The number of urea groups is 1. The summed E-state index contributed by atoms with van der Waals surface area (Å²) >= 11 is 0. The van der Waals surface area contributed by atoms with Crippen molar-refractivity contribution in [1.82, 2.24) is 5.32 Å². The molecule has 1 saturated heterocycles. The zero-order valence-electron chi connectivity index (χ0n) is 10.4. The van der Waals surface area contributed by atoms with Gasteiger partial charge < -0.3 is 16.4 Å². The lowest BCUT2D eigenvalue weighted by Crippen LogP contribution is -2.44. The summed E-state index contributed by atoms with van der Waals surface area (Å²) in [5.74, 6) is 0.229. The van der Waals surface area contributed by atoms with Crippen LogP contribution in [0.1, 0.15) is 12.8 Å². The van der Waals surface area contributed by atoms with Gasteiger partial charge >= 0.3 is 6.03 Å². The number of carbonyl (C=O) groups excluding carboxylic acids is 1. The van der Waals surface area contributed by atoms with E-state index in [4.69, 9.17) is 5.73 Å². The molecule has 1 aliphatic rings. The van der Waals surface area contributed by atoms with E-state index in [-0.39, 0.29) is 17.5 Å². The van der Waals surface area contributed by atoms with Crippen LogP contribution in [-0.4, -0.2) is 32.0 Å². The minimum absolute atomic E-state index is 0.0160. The molecule has 2 rings (SSSR count). The number of hydrogen-bond donors (Lipinski definition) is 3. The van der Waals surface area contributed by atoms with Crippen LogP contribution in [0, 0.1) is 0 Å². The molecular formula is C12H17N3O3S. The average Bonchev–Trinajstić information content (AvgIpc) is 2.30. The molecule has 0 saturated carbocycles. The number of carbonyl (C=O) groups is 1. The number of benzene rings is 1. The van der Waals surface area contributed by atoms with Crippen molar-refractivity contribution in [2.75, 3.05) is 22.6 Å². The molecule has 1 atom stereocenters. The third-order valence-electron chi connectivity index (χ3n) is 2.97. The van der Waals surface area contributed by atoms with Crippen LogP contribution in [-0.2, 0) is 9.84 Å². The van der Waals surface area contributed by atoms with Gasteiger partial charge in [-0.05, 0) is 37.1 Å². The third kappa shape index (κ3) is 4.13. The van der Waals surface area contributed by atoms with Gasteiger partial charge in [-0.15, -0.1) is 0 Å². The predicted molar refractivity (Wildman–Crippen MR) is 74.7 cm³/mol. The summed E-state index contributed by atoms with van der Waals surface area (Å²) in [6, 6.07) is 6.03. The van der Waals surface area contributed by atoms with Crippen LogP contribution in [0.5, 0.6) is 0 Å². The Hall–Kier alpha value is -1.76. The van der Waals surface area contributed by atoms with Gasteiger partial charge in [0.25, 0.3) is 0 Å². The van der Waals surface area contributed by atoms with Crippen molar-refractivity contribution in [3.8, 4) is 0 Å². The fraction of sp³-hybridized carbons (Fsp3) is 0.417. The van der Waals surface area contributed by atoms with E-state index in [1.54, 1.807) is 24.3 Å². The highest BCUT2D eigenvalue weighted by molar-refractivity contribution is 7.91. The van der Waals surface area contributed by atoms with Gasteiger partial charge in [-0.25, -0.2) is 13.2 Å². The second-order valence-corrected chi connectivity index (χ2v) is 6.90. The summed E-state index contributed by atoms with van der Waals surface area (Å²) in [7, 11) is -3.02. The molecule has 2 amide bonds. The average molecular weight is 283 g/mol. The molecule has 1 aliphatic heterocycles. The summed E-state index contributed by atoms with van der Waals surface area (Å²) in [6.07, 6.45) is 1.28. The summed E-state index contributed by atoms with van der Waals surface area (Å²) in [5.41, 5.74) is 6.77. The van der Waals surface area contributed by atoms with Crippen molar-refractivity contribution in [3.05, 3.63) is 24.3 Å². The number of sulfone groups is 1. The zero-order chi connectivity index (χ0) is 13.9. The van der Waals surface area contributed by atoms with E-state index in [9.17, 15) is 13.2 Å². The predicted octanol–water partition coefficient (Wildman–Crippen LogP) is 0.967. The molecular weight excluding hydrogens is 266 g/mol. The molecule has 0 bridgehead atoms. The maximum absolute atomic E-state index is 11.7. The first-order valence-electron chi connectivity index (χ1n) is 6.08. The van der Waals surface area contributed by atoms with Gasteiger partial charge in [-0.3, -0.25) is 0 Å². The number of nitrogen functional groups attached to an aromatic ring is 1. The normalized spacial score (nSPS) is 21.6. The second kappa shape index (κ2) is 5.48. The van der Waals surface area contributed by atoms with Gasteiger partial charge in [0, 0.05) is 17.4 Å². The Morgan fingerprint density at radius 3 is 2.58 bits per heavy atom. The number of anilines is 2. The zero-order valence-corrected chi connectivity index (χ0v) is 11.2. The molecule has 1 heterocycles. The Labute approximate surface area is 112 Å². The van der Waals surface area contributed by atoms with Crippen molar-refractivity contribution < 1.29 is 13.2 Å². The first-order valence-corrected chi connectivity index (χ1v) is 7.90. The Morgan fingerprint density at radius 1 is 1.26 bits per heavy atom. The maximum atomic E-state index is 11.7. The van der Waals surface area contributed by atoms with E-state index >= 15 is 0 Å². The fourth-order valence-electron chi connectivity index (χ4n) is 2.06. The van der Waals surface area contributed by atoms with Crippen LogP contribution in [0.15, 0.2) is 24.3 Å². The van der Waals surface area contributed by atoms with Gasteiger partial charge in [-0.1, -0.05) is 0 Å². The molecule has 0 spiro atoms. The SMILES string of the molecule is Nc1ccc(NC(=O)NC2CCCS(=O)(=O)C2)cc1. The van der Waals surface area contributed by atoms with Gasteiger partial charge in [0.15, 0.2) is 9.84 Å². The first-order chi connectivity index (χ1) is 8.94. The lowest BCUT2D eigenvalue weighted by Gasteiger charge is -2.23. The fourth-order valence-corrected chi connectivity index (χ4v) is 3.69. The summed E-state index contributed by atoms with van der Waals surface area (Å²) in [5, 5.41) is 5.32. The van der Waals surface area contributed by atoms with Gasteiger partial charge in [-0.2, -0.15) is 0 Å². The van der Waals surface area contributed by atoms with Crippen LogP contribution in [0.2, 0.25) is 0 Å². The van der Waals surface area contributed by atoms with Crippen molar-refractivity contribution in [1.29, 1.82) is 0 Å². The number of nitrogens with one attached hydrogen (secondary N) is 2. The molecule has 1 aromatic rings. The van der Waals surface area contributed by atoms with Crippen molar-refractivity contribution in [2.24, 2.45) is 0 Å². The maximum Gasteiger partial charge on any atom is 0.319 e. The molecule has 1 unspecified atom stereocenters. The quantitative estimate of drug-likeness (QED) is 0.704. The van der Waals surface area contributed by atoms with Gasteiger partial charge in [0.05, 0.1) is 11.5 Å². The highest BCUT2D eigenvalue weighted by Crippen LogP contribution is 2.13. The van der Waals surface area contributed by atoms with Crippen molar-refractivity contribution in [3.63, 3.8) is 0 Å². The molecule has 7 heteroatoms. The van der Waals surface area contributed by atoms with Crippen molar-refractivity contribution in [2.45, 2.75) is 18.9 Å². The van der Waals surface area contributed by atoms with E-state index in [0.29, 0.717) is 24.2 Å². The Kier molecular flexibility index (Phi) is 3.94. The van der Waals surface area contributed by atoms with E-state index < -0.39 is 15.9 Å². The number of nitrogens with two attached hydrogens (primary N) is 1. The topological polar surface area (TPSA) is 101 Å². The molecule has 4 N–H and O–H groups in total. The molecule has 1 fully saturated rings. The molecule has 6 nitrogen and oxygen atoms in total. The standard InChI is InChI=1S/C12H17N3O3S/c13-9-3-5-10(6-4-9)14-12(16)15-11-2-1-7-19(17,18)8-11/h3-6,11H,1-2,7-8,13H2,(H2,14,15,16). The van der Waals surface area contributed by atoms with Crippen LogP contribution in [0.25, 0.3) is 0 Å². The Morgan fingerprint density at radius 2 is 1.95 bits per heavy atom. The smallest absolute Gasteiger partial charge is 0.319 e. The van der Waals surface area contributed by atoms with Gasteiger partial charge in [0.2, 0.25) is 0 Å². The van der Waals surface area contributed by atoms with E-state index in [1.807, 2.05) is 0 Å². The molecule has 1 aromatic carbocycles.